The second-order valence-electron chi connectivity index (χ2n) is 4.30. The van der Waals surface area contributed by atoms with Crippen LogP contribution in [0.25, 0.3) is 0 Å². The van der Waals surface area contributed by atoms with E-state index in [-0.39, 0.29) is 5.28 Å². The lowest BCUT2D eigenvalue weighted by atomic mass is 9.99. The number of rotatable bonds is 8. The molecule has 102 valence electrons. The van der Waals surface area contributed by atoms with E-state index >= 15 is 0 Å². The van der Waals surface area contributed by atoms with Crippen LogP contribution in [0.2, 0.25) is 5.28 Å². The number of nitrogens with one attached hydrogen (secondary N) is 2. The van der Waals surface area contributed by atoms with E-state index in [1.165, 1.54) is 19.3 Å². The molecule has 0 aliphatic carbocycles. The lowest BCUT2D eigenvalue weighted by Crippen LogP contribution is -2.16. The Hall–Kier alpha value is -1.10. The molecule has 0 aromatic carbocycles. The molecule has 1 atom stereocenters. The predicted molar refractivity (Wildman–Crippen MR) is 76.2 cm³/mol. The van der Waals surface area contributed by atoms with Gasteiger partial charge in [0.2, 0.25) is 17.2 Å². The highest BCUT2D eigenvalue weighted by Crippen LogP contribution is 2.14. The Balaban J connectivity index is 2.53. The minimum Gasteiger partial charge on any atom is -0.357 e. The Morgan fingerprint density at radius 3 is 2.50 bits per heavy atom. The van der Waals surface area contributed by atoms with Crippen LogP contribution in [-0.2, 0) is 0 Å². The van der Waals surface area contributed by atoms with E-state index in [0.717, 1.165) is 13.0 Å². The zero-order valence-corrected chi connectivity index (χ0v) is 12.1. The molecule has 1 rings (SSSR count). The minimum absolute atomic E-state index is 0.207. The number of anilines is 2. The summed E-state index contributed by atoms with van der Waals surface area (Å²) in [6.07, 6.45) is 4.89. The predicted octanol–water partition coefficient (Wildman–Crippen LogP) is 3.20. The number of halogens is 1. The Bertz CT molecular complexity index is 358. The summed E-state index contributed by atoms with van der Waals surface area (Å²) < 4.78 is 0. The van der Waals surface area contributed by atoms with E-state index < -0.39 is 0 Å². The van der Waals surface area contributed by atoms with Gasteiger partial charge in [0.1, 0.15) is 0 Å². The molecule has 0 aliphatic heterocycles. The number of hydrogen-bond acceptors (Lipinski definition) is 5. The molecule has 0 bridgehead atoms. The van der Waals surface area contributed by atoms with Gasteiger partial charge >= 0.3 is 0 Å². The van der Waals surface area contributed by atoms with Crippen molar-refractivity contribution in [3.8, 4) is 0 Å². The molecule has 0 spiro atoms. The van der Waals surface area contributed by atoms with Crippen molar-refractivity contribution in [3.63, 3.8) is 0 Å². The summed E-state index contributed by atoms with van der Waals surface area (Å²) in [6, 6.07) is 0. The molecular formula is C12H22ClN5. The molecule has 18 heavy (non-hydrogen) atoms. The normalized spacial score (nSPS) is 12.2. The zero-order chi connectivity index (χ0) is 13.4. The summed E-state index contributed by atoms with van der Waals surface area (Å²) in [5, 5.41) is 6.30. The first kappa shape index (κ1) is 15.0. The number of aromatic nitrogens is 3. The van der Waals surface area contributed by atoms with Crippen LogP contribution in [0.15, 0.2) is 0 Å². The summed E-state index contributed by atoms with van der Waals surface area (Å²) >= 11 is 5.82. The molecule has 5 nitrogen and oxygen atoms in total. The second kappa shape index (κ2) is 8.08. The summed E-state index contributed by atoms with van der Waals surface area (Å²) in [7, 11) is 1.76. The van der Waals surface area contributed by atoms with Gasteiger partial charge in [-0.15, -0.1) is 0 Å². The molecule has 0 saturated heterocycles. The van der Waals surface area contributed by atoms with Crippen molar-refractivity contribution < 1.29 is 0 Å². The summed E-state index contributed by atoms with van der Waals surface area (Å²) in [5.41, 5.74) is 0. The van der Waals surface area contributed by atoms with Crippen LogP contribution in [0.1, 0.15) is 39.5 Å². The van der Waals surface area contributed by atoms with Crippen molar-refractivity contribution in [1.82, 2.24) is 15.0 Å². The fourth-order valence-electron chi connectivity index (χ4n) is 1.72. The van der Waals surface area contributed by atoms with Crippen LogP contribution in [-0.4, -0.2) is 28.5 Å². The van der Waals surface area contributed by atoms with Crippen LogP contribution < -0.4 is 10.6 Å². The number of unbranched alkanes of at least 4 members (excludes halogenated alkanes) is 1. The highest BCUT2D eigenvalue weighted by atomic mass is 35.5. The van der Waals surface area contributed by atoms with Gasteiger partial charge in [-0.25, -0.2) is 0 Å². The molecule has 1 heterocycles. The van der Waals surface area contributed by atoms with Gasteiger partial charge in [-0.2, -0.15) is 15.0 Å². The Morgan fingerprint density at radius 2 is 1.89 bits per heavy atom. The molecule has 2 N–H and O–H groups in total. The molecular weight excluding hydrogens is 250 g/mol. The lowest BCUT2D eigenvalue weighted by Gasteiger charge is -2.15. The van der Waals surface area contributed by atoms with Crippen molar-refractivity contribution >= 4 is 23.5 Å². The summed E-state index contributed by atoms with van der Waals surface area (Å²) in [4.78, 5) is 12.2. The molecule has 1 aromatic heterocycles. The quantitative estimate of drug-likeness (QED) is 0.760. The molecule has 6 heteroatoms. The van der Waals surface area contributed by atoms with Crippen molar-refractivity contribution in [3.05, 3.63) is 5.28 Å². The van der Waals surface area contributed by atoms with Gasteiger partial charge in [-0.3, -0.25) is 0 Å². The molecule has 1 aromatic rings. The zero-order valence-electron chi connectivity index (χ0n) is 11.3. The maximum atomic E-state index is 5.82. The summed E-state index contributed by atoms with van der Waals surface area (Å²) in [6.45, 7) is 5.30. The number of hydrogen-bond donors (Lipinski definition) is 2. The van der Waals surface area contributed by atoms with Crippen LogP contribution in [0.4, 0.5) is 11.9 Å². The van der Waals surface area contributed by atoms with Crippen molar-refractivity contribution in [2.24, 2.45) is 5.92 Å². The van der Waals surface area contributed by atoms with Gasteiger partial charge in [0, 0.05) is 13.6 Å². The molecule has 0 saturated carbocycles. The smallest absolute Gasteiger partial charge is 0.228 e. The van der Waals surface area contributed by atoms with Crippen LogP contribution in [0.3, 0.4) is 0 Å². The van der Waals surface area contributed by atoms with Crippen LogP contribution in [0.5, 0.6) is 0 Å². The van der Waals surface area contributed by atoms with Crippen molar-refractivity contribution in [1.29, 1.82) is 0 Å². The van der Waals surface area contributed by atoms with Crippen LogP contribution >= 0.6 is 11.6 Å². The number of nitrogens with zero attached hydrogens (tertiary/aromatic N) is 3. The average Bonchev–Trinajstić information content (AvgIpc) is 2.38. The largest absolute Gasteiger partial charge is 0.357 e. The highest BCUT2D eigenvalue weighted by Gasteiger charge is 2.08. The van der Waals surface area contributed by atoms with E-state index in [9.17, 15) is 0 Å². The van der Waals surface area contributed by atoms with Gasteiger partial charge in [-0.1, -0.05) is 33.1 Å². The van der Waals surface area contributed by atoms with Gasteiger partial charge in [0.25, 0.3) is 0 Å². The van der Waals surface area contributed by atoms with E-state index in [1.807, 2.05) is 0 Å². The molecule has 0 aliphatic rings. The molecule has 0 radical (unpaired) electrons. The van der Waals surface area contributed by atoms with Gasteiger partial charge in [0.05, 0.1) is 0 Å². The minimum atomic E-state index is 0.207. The molecule has 1 unspecified atom stereocenters. The fraction of sp³-hybridized carbons (Fsp3) is 0.750. The Kier molecular flexibility index (Phi) is 6.72. The van der Waals surface area contributed by atoms with Gasteiger partial charge in [-0.05, 0) is 23.9 Å². The lowest BCUT2D eigenvalue weighted by molar-refractivity contribution is 0.471. The van der Waals surface area contributed by atoms with Crippen molar-refractivity contribution in [2.75, 3.05) is 24.2 Å². The van der Waals surface area contributed by atoms with Crippen molar-refractivity contribution in [2.45, 2.75) is 39.5 Å². The van der Waals surface area contributed by atoms with Gasteiger partial charge in [0.15, 0.2) is 0 Å². The third-order valence-electron chi connectivity index (χ3n) is 2.92. The Morgan fingerprint density at radius 1 is 1.17 bits per heavy atom. The van der Waals surface area contributed by atoms with E-state index in [1.54, 1.807) is 7.05 Å². The van der Waals surface area contributed by atoms with E-state index in [2.05, 4.69) is 39.4 Å². The third-order valence-corrected chi connectivity index (χ3v) is 3.09. The second-order valence-corrected chi connectivity index (χ2v) is 4.64. The average molecular weight is 272 g/mol. The van der Waals surface area contributed by atoms with Crippen LogP contribution in [0, 0.1) is 5.92 Å². The maximum absolute atomic E-state index is 5.82. The highest BCUT2D eigenvalue weighted by molar-refractivity contribution is 6.28. The fourth-order valence-corrected chi connectivity index (χ4v) is 1.88. The standard InChI is InChI=1S/C12H22ClN5/c1-4-6-7-9(5-2)8-15-12-17-10(13)16-11(14-3)18-12/h9H,4-8H2,1-3H3,(H2,14,15,16,17,18). The first-order valence-electron chi connectivity index (χ1n) is 6.52. The molecule has 0 amide bonds. The Labute approximate surface area is 114 Å². The van der Waals surface area contributed by atoms with E-state index in [4.69, 9.17) is 11.6 Å². The maximum Gasteiger partial charge on any atom is 0.228 e. The first-order chi connectivity index (χ1) is 8.69. The summed E-state index contributed by atoms with van der Waals surface area (Å²) in [5.74, 6) is 1.67. The first-order valence-corrected chi connectivity index (χ1v) is 6.90. The topological polar surface area (TPSA) is 62.7 Å². The molecule has 0 fully saturated rings. The SMILES string of the molecule is CCCCC(CC)CNc1nc(Cl)nc(NC)n1. The van der Waals surface area contributed by atoms with Gasteiger partial charge < -0.3 is 10.6 Å². The van der Waals surface area contributed by atoms with E-state index in [0.29, 0.717) is 17.8 Å². The third kappa shape index (κ3) is 5.04. The monoisotopic (exact) mass is 271 g/mol.